The number of aromatic nitrogens is 1. The number of carbonyl (C=O) groups is 2. The number of nitrogens with zero attached hydrogens (tertiary/aromatic N) is 1. The standard InChI is InChI=1S/C23H23N3O2/c1-16-7-5-9-18(13-16)14-24-22(27)20-11-6-12-21(26-20)23(28)25-15-19-10-4-3-8-17(19)2/h3-13H,14-15H2,1-2H3,(H,24,27)(H,25,28). The van der Waals surface area contributed by atoms with E-state index in [1.807, 2.05) is 62.4 Å². The van der Waals surface area contributed by atoms with Gasteiger partial charge in [-0.2, -0.15) is 0 Å². The molecule has 3 rings (SSSR count). The van der Waals surface area contributed by atoms with Crippen LogP contribution in [0.5, 0.6) is 0 Å². The van der Waals surface area contributed by atoms with E-state index in [1.165, 1.54) is 0 Å². The van der Waals surface area contributed by atoms with E-state index >= 15 is 0 Å². The molecule has 0 atom stereocenters. The van der Waals surface area contributed by atoms with Crippen molar-refractivity contribution >= 4 is 11.8 Å². The largest absolute Gasteiger partial charge is 0.347 e. The molecule has 0 radical (unpaired) electrons. The molecule has 2 amide bonds. The molecule has 0 saturated carbocycles. The second kappa shape index (κ2) is 8.95. The van der Waals surface area contributed by atoms with Gasteiger partial charge in [-0.25, -0.2) is 4.98 Å². The third kappa shape index (κ3) is 5.04. The van der Waals surface area contributed by atoms with Crippen LogP contribution in [0.25, 0.3) is 0 Å². The summed E-state index contributed by atoms with van der Waals surface area (Å²) in [6.45, 7) is 4.83. The Morgan fingerprint density at radius 2 is 1.43 bits per heavy atom. The second-order valence-electron chi connectivity index (χ2n) is 6.69. The molecule has 2 aromatic carbocycles. The highest BCUT2D eigenvalue weighted by molar-refractivity contribution is 5.96. The minimum atomic E-state index is -0.310. The molecule has 0 aliphatic carbocycles. The van der Waals surface area contributed by atoms with Crippen LogP contribution < -0.4 is 10.6 Å². The number of hydrogen-bond acceptors (Lipinski definition) is 3. The van der Waals surface area contributed by atoms with Crippen LogP contribution in [-0.4, -0.2) is 16.8 Å². The SMILES string of the molecule is Cc1cccc(CNC(=O)c2cccc(C(=O)NCc3ccccc3C)n2)c1. The summed E-state index contributed by atoms with van der Waals surface area (Å²) in [6.07, 6.45) is 0. The molecule has 0 bridgehead atoms. The van der Waals surface area contributed by atoms with Gasteiger partial charge in [-0.05, 0) is 42.7 Å². The number of amides is 2. The van der Waals surface area contributed by atoms with Crippen molar-refractivity contribution in [2.45, 2.75) is 26.9 Å². The maximum absolute atomic E-state index is 12.4. The fraction of sp³-hybridized carbons (Fsp3) is 0.174. The molecule has 1 heterocycles. The maximum atomic E-state index is 12.4. The fourth-order valence-corrected chi connectivity index (χ4v) is 2.86. The van der Waals surface area contributed by atoms with E-state index in [0.29, 0.717) is 13.1 Å². The number of pyridine rings is 1. The van der Waals surface area contributed by atoms with Crippen LogP contribution in [0.1, 0.15) is 43.2 Å². The Morgan fingerprint density at radius 1 is 0.786 bits per heavy atom. The smallest absolute Gasteiger partial charge is 0.270 e. The zero-order valence-electron chi connectivity index (χ0n) is 16.0. The summed E-state index contributed by atoms with van der Waals surface area (Å²) in [4.78, 5) is 29.0. The number of aryl methyl sites for hydroxylation is 2. The van der Waals surface area contributed by atoms with Crippen molar-refractivity contribution in [3.8, 4) is 0 Å². The van der Waals surface area contributed by atoms with E-state index in [0.717, 1.165) is 22.3 Å². The third-order valence-electron chi connectivity index (χ3n) is 4.45. The molecular weight excluding hydrogens is 350 g/mol. The summed E-state index contributed by atoms with van der Waals surface area (Å²) in [5.74, 6) is -0.619. The topological polar surface area (TPSA) is 71.1 Å². The molecule has 5 heteroatoms. The summed E-state index contributed by atoms with van der Waals surface area (Å²) in [5, 5.41) is 5.69. The van der Waals surface area contributed by atoms with E-state index in [2.05, 4.69) is 15.6 Å². The molecule has 0 unspecified atom stereocenters. The maximum Gasteiger partial charge on any atom is 0.270 e. The van der Waals surface area contributed by atoms with Gasteiger partial charge in [-0.3, -0.25) is 9.59 Å². The van der Waals surface area contributed by atoms with E-state index in [4.69, 9.17) is 0 Å². The molecular formula is C23H23N3O2. The first-order chi connectivity index (χ1) is 13.5. The summed E-state index contributed by atoms with van der Waals surface area (Å²) < 4.78 is 0. The van der Waals surface area contributed by atoms with Gasteiger partial charge >= 0.3 is 0 Å². The molecule has 28 heavy (non-hydrogen) atoms. The van der Waals surface area contributed by atoms with Crippen LogP contribution in [-0.2, 0) is 13.1 Å². The summed E-state index contributed by atoms with van der Waals surface area (Å²) in [5.41, 5.74) is 4.74. The van der Waals surface area contributed by atoms with Crippen molar-refractivity contribution in [3.63, 3.8) is 0 Å². The monoisotopic (exact) mass is 373 g/mol. The molecule has 0 aliphatic rings. The van der Waals surface area contributed by atoms with E-state index in [1.54, 1.807) is 18.2 Å². The Kier molecular flexibility index (Phi) is 6.17. The van der Waals surface area contributed by atoms with E-state index < -0.39 is 0 Å². The highest BCUT2D eigenvalue weighted by Crippen LogP contribution is 2.08. The lowest BCUT2D eigenvalue weighted by atomic mass is 10.1. The van der Waals surface area contributed by atoms with Crippen LogP contribution in [0, 0.1) is 13.8 Å². The van der Waals surface area contributed by atoms with Crippen molar-refractivity contribution in [1.82, 2.24) is 15.6 Å². The van der Waals surface area contributed by atoms with Gasteiger partial charge in [0.2, 0.25) is 0 Å². The van der Waals surface area contributed by atoms with Gasteiger partial charge in [0.25, 0.3) is 11.8 Å². The molecule has 0 saturated heterocycles. The Hall–Kier alpha value is -3.47. The van der Waals surface area contributed by atoms with Crippen LogP contribution in [0.4, 0.5) is 0 Å². The van der Waals surface area contributed by atoms with E-state index in [9.17, 15) is 9.59 Å². The van der Waals surface area contributed by atoms with Gasteiger partial charge < -0.3 is 10.6 Å². The lowest BCUT2D eigenvalue weighted by Gasteiger charge is -2.09. The molecule has 1 aromatic heterocycles. The van der Waals surface area contributed by atoms with Crippen LogP contribution in [0.3, 0.4) is 0 Å². The van der Waals surface area contributed by atoms with Crippen molar-refractivity contribution in [2.75, 3.05) is 0 Å². The van der Waals surface area contributed by atoms with Crippen molar-refractivity contribution in [3.05, 3.63) is 100 Å². The minimum Gasteiger partial charge on any atom is -0.347 e. The number of benzene rings is 2. The highest BCUT2D eigenvalue weighted by Gasteiger charge is 2.12. The van der Waals surface area contributed by atoms with Gasteiger partial charge in [0.1, 0.15) is 11.4 Å². The van der Waals surface area contributed by atoms with Crippen LogP contribution in [0.2, 0.25) is 0 Å². The normalized spacial score (nSPS) is 10.4. The predicted octanol–water partition coefficient (Wildman–Crippen LogP) is 3.56. The Morgan fingerprint density at radius 3 is 2.11 bits per heavy atom. The molecule has 0 spiro atoms. The molecule has 142 valence electrons. The Bertz CT molecular complexity index is 998. The van der Waals surface area contributed by atoms with Gasteiger partial charge in [-0.15, -0.1) is 0 Å². The van der Waals surface area contributed by atoms with Gasteiger partial charge in [0, 0.05) is 13.1 Å². The third-order valence-corrected chi connectivity index (χ3v) is 4.45. The summed E-state index contributed by atoms with van der Waals surface area (Å²) in [6, 6.07) is 20.7. The van der Waals surface area contributed by atoms with Gasteiger partial charge in [0.05, 0.1) is 0 Å². The Balaban J connectivity index is 1.61. The first kappa shape index (κ1) is 19.3. The van der Waals surface area contributed by atoms with Crippen LogP contribution >= 0.6 is 0 Å². The molecule has 0 aliphatic heterocycles. The summed E-state index contributed by atoms with van der Waals surface area (Å²) in [7, 11) is 0. The minimum absolute atomic E-state index is 0.219. The van der Waals surface area contributed by atoms with Crippen molar-refractivity contribution < 1.29 is 9.59 Å². The zero-order chi connectivity index (χ0) is 19.9. The molecule has 3 aromatic rings. The van der Waals surface area contributed by atoms with Crippen LogP contribution in [0.15, 0.2) is 66.7 Å². The number of rotatable bonds is 6. The average molecular weight is 373 g/mol. The first-order valence-corrected chi connectivity index (χ1v) is 9.16. The fourth-order valence-electron chi connectivity index (χ4n) is 2.86. The predicted molar refractivity (Wildman–Crippen MR) is 109 cm³/mol. The van der Waals surface area contributed by atoms with E-state index in [-0.39, 0.29) is 23.2 Å². The number of hydrogen-bond donors (Lipinski definition) is 2. The number of nitrogens with one attached hydrogen (secondary N) is 2. The van der Waals surface area contributed by atoms with Crippen molar-refractivity contribution in [1.29, 1.82) is 0 Å². The number of carbonyl (C=O) groups excluding carboxylic acids is 2. The average Bonchev–Trinajstić information content (AvgIpc) is 2.71. The van der Waals surface area contributed by atoms with Gasteiger partial charge in [-0.1, -0.05) is 60.2 Å². The van der Waals surface area contributed by atoms with Crippen molar-refractivity contribution in [2.24, 2.45) is 0 Å². The zero-order valence-corrected chi connectivity index (χ0v) is 16.0. The molecule has 5 nitrogen and oxygen atoms in total. The lowest BCUT2D eigenvalue weighted by molar-refractivity contribution is 0.0941. The van der Waals surface area contributed by atoms with Gasteiger partial charge in [0.15, 0.2) is 0 Å². The second-order valence-corrected chi connectivity index (χ2v) is 6.69. The summed E-state index contributed by atoms with van der Waals surface area (Å²) >= 11 is 0. The Labute approximate surface area is 164 Å². The lowest BCUT2D eigenvalue weighted by Crippen LogP contribution is -2.27. The molecule has 2 N–H and O–H groups in total. The first-order valence-electron chi connectivity index (χ1n) is 9.16. The quantitative estimate of drug-likeness (QED) is 0.694. The molecule has 0 fully saturated rings. The highest BCUT2D eigenvalue weighted by atomic mass is 16.2.